The molecule has 0 aliphatic carbocycles. The van der Waals surface area contributed by atoms with Crippen molar-refractivity contribution in [1.82, 2.24) is 5.32 Å². The Bertz CT molecular complexity index is 359. The predicted octanol–water partition coefficient (Wildman–Crippen LogP) is 2.78. The largest absolute Gasteiger partial charge is 0.497 e. The summed E-state index contributed by atoms with van der Waals surface area (Å²) in [7, 11) is 5.04. The molecule has 0 heterocycles. The molecule has 0 amide bonds. The summed E-state index contributed by atoms with van der Waals surface area (Å²) >= 11 is 0. The van der Waals surface area contributed by atoms with Crippen LogP contribution < -0.4 is 14.8 Å². The maximum Gasteiger partial charge on any atom is 0.122 e. The van der Waals surface area contributed by atoms with E-state index >= 15 is 0 Å². The van der Waals surface area contributed by atoms with Gasteiger partial charge < -0.3 is 19.5 Å². The van der Waals surface area contributed by atoms with E-state index in [1.54, 1.807) is 21.3 Å². The third-order valence-electron chi connectivity index (χ3n) is 3.19. The van der Waals surface area contributed by atoms with Crippen molar-refractivity contribution in [3.63, 3.8) is 0 Å². The van der Waals surface area contributed by atoms with E-state index in [0.717, 1.165) is 30.0 Å². The number of methoxy groups -OCH3 is 3. The fourth-order valence-electron chi connectivity index (χ4n) is 2.00. The Morgan fingerprint density at radius 2 is 1.63 bits per heavy atom. The highest BCUT2D eigenvalue weighted by Gasteiger charge is 2.19. The maximum absolute atomic E-state index is 5.47. The van der Waals surface area contributed by atoms with Gasteiger partial charge in [-0.15, -0.1) is 0 Å². The molecule has 1 aromatic rings. The van der Waals surface area contributed by atoms with Crippen LogP contribution in [0.15, 0.2) is 18.2 Å². The molecule has 108 valence electrons. The second-order valence-electron chi connectivity index (χ2n) is 4.52. The van der Waals surface area contributed by atoms with Crippen molar-refractivity contribution in [2.75, 3.05) is 27.9 Å². The van der Waals surface area contributed by atoms with Gasteiger partial charge in [0.2, 0.25) is 0 Å². The molecular formula is C15H25NO3. The summed E-state index contributed by atoms with van der Waals surface area (Å²) in [5, 5.41) is 3.50. The van der Waals surface area contributed by atoms with E-state index in [0.29, 0.717) is 0 Å². The van der Waals surface area contributed by atoms with Crippen LogP contribution in [0.5, 0.6) is 11.5 Å². The van der Waals surface area contributed by atoms with Crippen LogP contribution in [-0.4, -0.2) is 34.0 Å². The van der Waals surface area contributed by atoms with Crippen molar-refractivity contribution in [1.29, 1.82) is 0 Å². The van der Waals surface area contributed by atoms with E-state index in [-0.39, 0.29) is 12.1 Å². The fraction of sp³-hybridized carbons (Fsp3) is 0.600. The van der Waals surface area contributed by atoms with Crippen LogP contribution in [0.1, 0.15) is 31.9 Å². The van der Waals surface area contributed by atoms with Gasteiger partial charge in [-0.3, -0.25) is 0 Å². The lowest BCUT2D eigenvalue weighted by Crippen LogP contribution is -2.32. The van der Waals surface area contributed by atoms with E-state index in [1.807, 2.05) is 18.2 Å². The van der Waals surface area contributed by atoms with Gasteiger partial charge in [-0.25, -0.2) is 0 Å². The summed E-state index contributed by atoms with van der Waals surface area (Å²) in [5.41, 5.74) is 1.11. The Morgan fingerprint density at radius 1 is 1.05 bits per heavy atom. The minimum Gasteiger partial charge on any atom is -0.497 e. The Hall–Kier alpha value is -1.26. The summed E-state index contributed by atoms with van der Waals surface area (Å²) < 4.78 is 16.1. The normalized spacial score (nSPS) is 13.9. The van der Waals surface area contributed by atoms with Gasteiger partial charge in [0.15, 0.2) is 0 Å². The number of ether oxygens (including phenoxy) is 3. The number of hydrogen-bond acceptors (Lipinski definition) is 4. The molecule has 2 atom stereocenters. The average Bonchev–Trinajstić information content (AvgIpc) is 2.46. The first-order chi connectivity index (χ1) is 9.15. The molecule has 0 saturated heterocycles. The molecule has 0 spiro atoms. The molecule has 1 N–H and O–H groups in total. The standard InChI is InChI=1S/C15H25NO3/c1-6-7-16-15(11(2)17-3)12-8-13(18-4)10-14(9-12)19-5/h8-11,15-16H,6-7H2,1-5H3. The van der Waals surface area contributed by atoms with Crippen LogP contribution in [0.4, 0.5) is 0 Å². The molecule has 4 heteroatoms. The van der Waals surface area contributed by atoms with Gasteiger partial charge in [-0.2, -0.15) is 0 Å². The molecule has 0 aromatic heterocycles. The summed E-state index contributed by atoms with van der Waals surface area (Å²) in [6.45, 7) is 5.14. The van der Waals surface area contributed by atoms with Crippen molar-refractivity contribution in [2.24, 2.45) is 0 Å². The first kappa shape index (κ1) is 15.8. The molecule has 0 saturated carbocycles. The Balaban J connectivity index is 3.05. The molecule has 0 radical (unpaired) electrons. The highest BCUT2D eigenvalue weighted by atomic mass is 16.5. The summed E-state index contributed by atoms with van der Waals surface area (Å²) in [6.07, 6.45) is 1.15. The number of benzene rings is 1. The number of hydrogen-bond donors (Lipinski definition) is 1. The molecule has 0 aliphatic heterocycles. The van der Waals surface area contributed by atoms with Gasteiger partial charge in [-0.1, -0.05) is 6.92 Å². The molecule has 1 aromatic carbocycles. The zero-order valence-corrected chi connectivity index (χ0v) is 12.5. The number of nitrogens with one attached hydrogen (secondary N) is 1. The van der Waals surface area contributed by atoms with Crippen LogP contribution in [0.25, 0.3) is 0 Å². The molecule has 0 bridgehead atoms. The first-order valence-corrected chi connectivity index (χ1v) is 6.65. The zero-order valence-electron chi connectivity index (χ0n) is 12.5. The minimum absolute atomic E-state index is 0.0726. The molecule has 1 rings (SSSR count). The van der Waals surface area contributed by atoms with Crippen LogP contribution in [0.2, 0.25) is 0 Å². The summed E-state index contributed by atoms with van der Waals surface area (Å²) in [5.74, 6) is 1.59. The molecule has 2 unspecified atom stereocenters. The van der Waals surface area contributed by atoms with Gasteiger partial charge >= 0.3 is 0 Å². The average molecular weight is 267 g/mol. The van der Waals surface area contributed by atoms with Crippen molar-refractivity contribution >= 4 is 0 Å². The lowest BCUT2D eigenvalue weighted by atomic mass is 10.0. The first-order valence-electron chi connectivity index (χ1n) is 6.65. The Kier molecular flexibility index (Phi) is 6.67. The molecule has 0 fully saturated rings. The second kappa shape index (κ2) is 8.02. The van der Waals surface area contributed by atoms with Gasteiger partial charge in [0.05, 0.1) is 26.4 Å². The van der Waals surface area contributed by atoms with Crippen LogP contribution in [0, 0.1) is 0 Å². The van der Waals surface area contributed by atoms with Crippen LogP contribution in [0.3, 0.4) is 0 Å². The van der Waals surface area contributed by atoms with E-state index in [4.69, 9.17) is 14.2 Å². The molecule has 4 nitrogen and oxygen atoms in total. The fourth-order valence-corrected chi connectivity index (χ4v) is 2.00. The quantitative estimate of drug-likeness (QED) is 0.786. The van der Waals surface area contributed by atoms with Gasteiger partial charge in [0, 0.05) is 13.2 Å². The van der Waals surface area contributed by atoms with Crippen LogP contribution >= 0.6 is 0 Å². The summed E-state index contributed by atoms with van der Waals surface area (Å²) in [6, 6.07) is 6.03. The van der Waals surface area contributed by atoms with Crippen molar-refractivity contribution in [3.05, 3.63) is 23.8 Å². The Morgan fingerprint density at radius 3 is 2.05 bits per heavy atom. The molecule has 19 heavy (non-hydrogen) atoms. The highest BCUT2D eigenvalue weighted by molar-refractivity contribution is 5.40. The lowest BCUT2D eigenvalue weighted by Gasteiger charge is -2.25. The van der Waals surface area contributed by atoms with Crippen molar-refractivity contribution < 1.29 is 14.2 Å². The van der Waals surface area contributed by atoms with E-state index in [9.17, 15) is 0 Å². The van der Waals surface area contributed by atoms with E-state index in [2.05, 4.69) is 19.2 Å². The zero-order chi connectivity index (χ0) is 14.3. The highest BCUT2D eigenvalue weighted by Crippen LogP contribution is 2.28. The SMILES string of the molecule is CCCNC(c1cc(OC)cc(OC)c1)C(C)OC. The number of rotatable bonds is 8. The van der Waals surface area contributed by atoms with E-state index in [1.165, 1.54) is 0 Å². The van der Waals surface area contributed by atoms with Crippen LogP contribution in [-0.2, 0) is 4.74 Å². The summed E-state index contributed by atoms with van der Waals surface area (Å²) in [4.78, 5) is 0. The predicted molar refractivity (Wildman–Crippen MR) is 77.1 cm³/mol. The third-order valence-corrected chi connectivity index (χ3v) is 3.19. The smallest absolute Gasteiger partial charge is 0.122 e. The van der Waals surface area contributed by atoms with E-state index < -0.39 is 0 Å². The topological polar surface area (TPSA) is 39.7 Å². The van der Waals surface area contributed by atoms with Gasteiger partial charge in [0.1, 0.15) is 11.5 Å². The monoisotopic (exact) mass is 267 g/mol. The molecular weight excluding hydrogens is 242 g/mol. The maximum atomic E-state index is 5.47. The third kappa shape index (κ3) is 4.40. The second-order valence-corrected chi connectivity index (χ2v) is 4.52. The lowest BCUT2D eigenvalue weighted by molar-refractivity contribution is 0.0829. The molecule has 0 aliphatic rings. The van der Waals surface area contributed by atoms with Gasteiger partial charge in [-0.05, 0) is 37.6 Å². The minimum atomic E-state index is 0.0726. The Labute approximate surface area is 116 Å². The van der Waals surface area contributed by atoms with Crippen molar-refractivity contribution in [3.8, 4) is 11.5 Å². The van der Waals surface area contributed by atoms with Gasteiger partial charge in [0.25, 0.3) is 0 Å². The van der Waals surface area contributed by atoms with Crippen molar-refractivity contribution in [2.45, 2.75) is 32.4 Å².